The Kier molecular flexibility index (Phi) is 5.29. The van der Waals surface area contributed by atoms with Crippen molar-refractivity contribution in [2.45, 2.75) is 32.7 Å². The molecule has 0 saturated carbocycles. The van der Waals surface area contributed by atoms with E-state index >= 15 is 0 Å². The first-order valence-corrected chi connectivity index (χ1v) is 6.61. The number of nitrogens with zero attached hydrogens (tertiary/aromatic N) is 1. The van der Waals surface area contributed by atoms with Crippen LogP contribution < -0.4 is 10.6 Å². The fourth-order valence-corrected chi connectivity index (χ4v) is 2.33. The van der Waals surface area contributed by atoms with E-state index in [0.717, 1.165) is 11.0 Å². The summed E-state index contributed by atoms with van der Waals surface area (Å²) in [7, 11) is 2.13. The van der Waals surface area contributed by atoms with Crippen LogP contribution in [0.25, 0.3) is 0 Å². The summed E-state index contributed by atoms with van der Waals surface area (Å²) in [5.74, 6) is 0. The summed E-state index contributed by atoms with van der Waals surface area (Å²) in [6.07, 6.45) is 2.44. The van der Waals surface area contributed by atoms with Crippen molar-refractivity contribution >= 4 is 21.6 Å². The number of rotatable bonds is 5. The van der Waals surface area contributed by atoms with Crippen molar-refractivity contribution in [1.29, 1.82) is 0 Å². The molecule has 0 bridgehead atoms. The lowest BCUT2D eigenvalue weighted by Gasteiger charge is -2.21. The van der Waals surface area contributed by atoms with Gasteiger partial charge in [-0.15, -0.1) is 0 Å². The van der Waals surface area contributed by atoms with Gasteiger partial charge in [0.2, 0.25) is 0 Å². The van der Waals surface area contributed by atoms with Gasteiger partial charge < -0.3 is 10.6 Å². The first kappa shape index (κ1) is 13.5. The van der Waals surface area contributed by atoms with Gasteiger partial charge >= 0.3 is 0 Å². The second-order valence-electron chi connectivity index (χ2n) is 4.27. The molecule has 3 heteroatoms. The smallest absolute Gasteiger partial charge is 0.0508 e. The molecule has 1 aromatic carbocycles. The molecule has 1 rings (SSSR count). The molecular weight excluding hydrogens is 264 g/mol. The van der Waals surface area contributed by atoms with E-state index in [-0.39, 0.29) is 6.04 Å². The quantitative estimate of drug-likeness (QED) is 0.893. The van der Waals surface area contributed by atoms with E-state index in [2.05, 4.69) is 53.0 Å². The zero-order valence-electron chi connectivity index (χ0n) is 10.3. The highest BCUT2D eigenvalue weighted by Gasteiger charge is 2.07. The topological polar surface area (TPSA) is 29.3 Å². The summed E-state index contributed by atoms with van der Waals surface area (Å²) < 4.78 is 1.13. The molecule has 0 saturated heterocycles. The largest absolute Gasteiger partial charge is 0.374 e. The number of nitrogens with two attached hydrogens (primary N) is 1. The van der Waals surface area contributed by atoms with E-state index < -0.39 is 0 Å². The lowest BCUT2D eigenvalue weighted by atomic mass is 10.1. The van der Waals surface area contributed by atoms with Crippen molar-refractivity contribution in [1.82, 2.24) is 0 Å². The van der Waals surface area contributed by atoms with Crippen molar-refractivity contribution in [3.05, 3.63) is 28.2 Å². The highest BCUT2D eigenvalue weighted by Crippen LogP contribution is 2.28. The number of hydrogen-bond acceptors (Lipinski definition) is 2. The molecule has 16 heavy (non-hydrogen) atoms. The Labute approximate surface area is 107 Å². The summed E-state index contributed by atoms with van der Waals surface area (Å²) in [5, 5.41) is 0. The Balaban J connectivity index is 2.81. The van der Waals surface area contributed by atoms with Crippen LogP contribution in [0.4, 0.5) is 5.69 Å². The molecule has 1 atom stereocenters. The minimum Gasteiger partial charge on any atom is -0.374 e. The number of anilines is 1. The Morgan fingerprint density at radius 1 is 1.44 bits per heavy atom. The third kappa shape index (κ3) is 3.49. The van der Waals surface area contributed by atoms with Crippen molar-refractivity contribution < 1.29 is 0 Å². The van der Waals surface area contributed by atoms with Crippen LogP contribution in [0.2, 0.25) is 0 Å². The molecule has 0 amide bonds. The molecule has 0 aliphatic rings. The van der Waals surface area contributed by atoms with Gasteiger partial charge in [0, 0.05) is 24.1 Å². The van der Waals surface area contributed by atoms with Gasteiger partial charge in [0.05, 0.1) is 5.69 Å². The Bertz CT molecular complexity index is 337. The van der Waals surface area contributed by atoms with E-state index in [1.54, 1.807) is 0 Å². The number of halogens is 1. The van der Waals surface area contributed by atoms with Crippen LogP contribution in [0.3, 0.4) is 0 Å². The van der Waals surface area contributed by atoms with Gasteiger partial charge in [-0.25, -0.2) is 0 Å². The fourth-order valence-electron chi connectivity index (χ4n) is 1.63. The monoisotopic (exact) mass is 284 g/mol. The van der Waals surface area contributed by atoms with Gasteiger partial charge in [0.15, 0.2) is 0 Å². The van der Waals surface area contributed by atoms with E-state index in [4.69, 9.17) is 5.73 Å². The molecule has 0 radical (unpaired) electrons. The zero-order valence-corrected chi connectivity index (χ0v) is 11.9. The average Bonchev–Trinajstić information content (AvgIpc) is 2.25. The fraction of sp³-hybridized carbons (Fsp3) is 0.538. The molecule has 0 spiro atoms. The second kappa shape index (κ2) is 6.26. The molecular formula is C13H21BrN2. The van der Waals surface area contributed by atoms with Crippen molar-refractivity contribution in [3.8, 4) is 0 Å². The van der Waals surface area contributed by atoms with Crippen LogP contribution in [-0.2, 0) is 0 Å². The summed E-state index contributed by atoms with van der Waals surface area (Å²) in [6, 6.07) is 6.44. The number of unbranched alkanes of at least 4 members (excludes halogenated alkanes) is 1. The Morgan fingerprint density at radius 3 is 2.62 bits per heavy atom. The molecule has 0 aliphatic carbocycles. The maximum absolute atomic E-state index is 5.85. The van der Waals surface area contributed by atoms with Gasteiger partial charge in [-0.3, -0.25) is 0 Å². The molecule has 0 unspecified atom stereocenters. The van der Waals surface area contributed by atoms with Crippen LogP contribution in [0.5, 0.6) is 0 Å². The molecule has 0 aliphatic heterocycles. The molecule has 0 heterocycles. The molecule has 2 nitrogen and oxygen atoms in total. The van der Waals surface area contributed by atoms with Gasteiger partial charge in [-0.05, 0) is 47.0 Å². The minimum atomic E-state index is 0.0892. The van der Waals surface area contributed by atoms with Crippen molar-refractivity contribution in [2.75, 3.05) is 18.5 Å². The minimum absolute atomic E-state index is 0.0892. The average molecular weight is 285 g/mol. The van der Waals surface area contributed by atoms with E-state index in [1.807, 2.05) is 6.92 Å². The van der Waals surface area contributed by atoms with Crippen LogP contribution in [0.15, 0.2) is 22.7 Å². The molecule has 90 valence electrons. The van der Waals surface area contributed by atoms with Gasteiger partial charge in [0.25, 0.3) is 0 Å². The number of hydrogen-bond donors (Lipinski definition) is 1. The Morgan fingerprint density at radius 2 is 2.12 bits per heavy atom. The lowest BCUT2D eigenvalue weighted by molar-refractivity contribution is 0.764. The van der Waals surface area contributed by atoms with E-state index in [0.29, 0.717) is 0 Å². The SMILES string of the molecule is CCCCN(C)c1ccc([C@H](C)N)cc1Br. The standard InChI is InChI=1S/C13H21BrN2/c1-4-5-8-16(3)13-7-6-11(10(2)15)9-12(13)14/h6-7,9-10H,4-5,8,15H2,1-3H3/t10-/m0/s1. The van der Waals surface area contributed by atoms with E-state index in [1.165, 1.54) is 24.1 Å². The highest BCUT2D eigenvalue weighted by molar-refractivity contribution is 9.10. The maximum atomic E-state index is 5.85. The normalized spacial score (nSPS) is 12.6. The van der Waals surface area contributed by atoms with Crippen LogP contribution in [0.1, 0.15) is 38.3 Å². The summed E-state index contributed by atoms with van der Waals surface area (Å²) in [4.78, 5) is 2.28. The van der Waals surface area contributed by atoms with Crippen molar-refractivity contribution in [2.24, 2.45) is 5.73 Å². The van der Waals surface area contributed by atoms with E-state index in [9.17, 15) is 0 Å². The molecule has 0 aromatic heterocycles. The second-order valence-corrected chi connectivity index (χ2v) is 5.13. The third-order valence-corrected chi connectivity index (χ3v) is 3.39. The first-order valence-electron chi connectivity index (χ1n) is 5.82. The summed E-state index contributed by atoms with van der Waals surface area (Å²) in [5.41, 5.74) is 8.25. The zero-order chi connectivity index (χ0) is 12.1. The van der Waals surface area contributed by atoms with Gasteiger partial charge in [-0.1, -0.05) is 19.4 Å². The van der Waals surface area contributed by atoms with Crippen LogP contribution in [0, 0.1) is 0 Å². The molecule has 1 aromatic rings. The van der Waals surface area contributed by atoms with Crippen LogP contribution in [-0.4, -0.2) is 13.6 Å². The van der Waals surface area contributed by atoms with Gasteiger partial charge in [-0.2, -0.15) is 0 Å². The predicted octanol–water partition coefficient (Wildman–Crippen LogP) is 3.71. The molecule has 0 fully saturated rings. The number of benzene rings is 1. The third-order valence-electron chi connectivity index (χ3n) is 2.76. The van der Waals surface area contributed by atoms with Crippen LogP contribution >= 0.6 is 15.9 Å². The predicted molar refractivity (Wildman–Crippen MR) is 74.9 cm³/mol. The summed E-state index contributed by atoms with van der Waals surface area (Å²) >= 11 is 3.61. The van der Waals surface area contributed by atoms with Gasteiger partial charge in [0.1, 0.15) is 0 Å². The highest BCUT2D eigenvalue weighted by atomic mass is 79.9. The first-order chi connectivity index (χ1) is 7.56. The van der Waals surface area contributed by atoms with Crippen molar-refractivity contribution in [3.63, 3.8) is 0 Å². The summed E-state index contributed by atoms with van der Waals surface area (Å²) in [6.45, 7) is 5.30. The molecule has 2 N–H and O–H groups in total. The maximum Gasteiger partial charge on any atom is 0.0508 e. The Hall–Kier alpha value is -0.540. The lowest BCUT2D eigenvalue weighted by Crippen LogP contribution is -2.19.